The third kappa shape index (κ3) is 4.52. The zero-order valence-electron chi connectivity index (χ0n) is 19.7. The highest BCUT2D eigenvalue weighted by Crippen LogP contribution is 2.45. The van der Waals surface area contributed by atoms with E-state index in [4.69, 9.17) is 9.47 Å². The molecule has 0 aliphatic carbocycles. The van der Waals surface area contributed by atoms with Crippen molar-refractivity contribution in [2.24, 2.45) is 0 Å². The minimum atomic E-state index is -3.69. The maximum Gasteiger partial charge on any atom is 0.258 e. The quantitative estimate of drug-likeness (QED) is 0.657. The molecule has 33 heavy (non-hydrogen) atoms. The molecule has 1 saturated heterocycles. The molecule has 0 saturated carbocycles. The van der Waals surface area contributed by atoms with E-state index in [0.717, 1.165) is 23.4 Å². The van der Waals surface area contributed by atoms with Crippen molar-refractivity contribution in [3.05, 3.63) is 53.6 Å². The maximum atomic E-state index is 13.8. The van der Waals surface area contributed by atoms with Crippen LogP contribution in [0.4, 0.5) is 5.69 Å². The number of hydrogen-bond acceptors (Lipinski definition) is 5. The van der Waals surface area contributed by atoms with Gasteiger partial charge < -0.3 is 14.4 Å². The van der Waals surface area contributed by atoms with Crippen LogP contribution in [0.2, 0.25) is 0 Å². The van der Waals surface area contributed by atoms with E-state index in [2.05, 4.69) is 20.8 Å². The minimum absolute atomic E-state index is 0.130. The molecule has 0 unspecified atom stereocenters. The van der Waals surface area contributed by atoms with Gasteiger partial charge in [-0.1, -0.05) is 13.0 Å². The number of morpholine rings is 1. The van der Waals surface area contributed by atoms with Gasteiger partial charge in [0.25, 0.3) is 5.91 Å². The summed E-state index contributed by atoms with van der Waals surface area (Å²) in [7, 11) is -3.69. The van der Waals surface area contributed by atoms with Crippen LogP contribution in [0, 0.1) is 0 Å². The van der Waals surface area contributed by atoms with Gasteiger partial charge >= 0.3 is 0 Å². The van der Waals surface area contributed by atoms with Gasteiger partial charge in [-0.3, -0.25) is 4.79 Å². The van der Waals surface area contributed by atoms with Gasteiger partial charge in [0.1, 0.15) is 5.75 Å². The Bertz CT molecular complexity index is 1140. The molecule has 2 aromatic carbocycles. The summed E-state index contributed by atoms with van der Waals surface area (Å²) in [5.74, 6) is 0.831. The number of hydrogen-bond donors (Lipinski definition) is 0. The Balaban J connectivity index is 1.72. The Morgan fingerprint density at radius 2 is 1.88 bits per heavy atom. The molecule has 2 aromatic rings. The van der Waals surface area contributed by atoms with Crippen molar-refractivity contribution in [3.63, 3.8) is 0 Å². The Morgan fingerprint density at radius 3 is 2.58 bits per heavy atom. The normalized spacial score (nSPS) is 20.8. The number of fused-ring (bicyclic) bond motifs is 1. The first kappa shape index (κ1) is 23.7. The van der Waals surface area contributed by atoms with Gasteiger partial charge in [-0.25, -0.2) is 8.42 Å². The second-order valence-electron chi connectivity index (χ2n) is 9.26. The lowest BCUT2D eigenvalue weighted by atomic mass is 9.79. The zero-order chi connectivity index (χ0) is 23.8. The van der Waals surface area contributed by atoms with Gasteiger partial charge in [-0.15, -0.1) is 0 Å². The fourth-order valence-corrected chi connectivity index (χ4v) is 6.36. The first-order chi connectivity index (χ1) is 15.6. The first-order valence-corrected chi connectivity index (χ1v) is 12.9. The van der Waals surface area contributed by atoms with Crippen molar-refractivity contribution in [1.29, 1.82) is 0 Å². The van der Waals surface area contributed by atoms with Crippen molar-refractivity contribution in [3.8, 4) is 5.75 Å². The molecular formula is C25H32N2O5S. The number of carbonyl (C=O) groups is 1. The van der Waals surface area contributed by atoms with Crippen LogP contribution in [-0.4, -0.2) is 57.1 Å². The third-order valence-corrected chi connectivity index (χ3v) is 8.28. The molecule has 2 heterocycles. The highest BCUT2D eigenvalue weighted by Gasteiger charge is 2.40. The van der Waals surface area contributed by atoms with Crippen molar-refractivity contribution in [1.82, 2.24) is 4.31 Å². The molecule has 0 N–H and O–H groups in total. The van der Waals surface area contributed by atoms with Gasteiger partial charge in [-0.05, 0) is 75.1 Å². The summed E-state index contributed by atoms with van der Waals surface area (Å²) in [5, 5.41) is 0. The predicted molar refractivity (Wildman–Crippen MR) is 128 cm³/mol. The summed E-state index contributed by atoms with van der Waals surface area (Å²) in [6, 6.07) is 12.2. The number of rotatable bonds is 5. The van der Waals surface area contributed by atoms with Crippen LogP contribution in [0.3, 0.4) is 0 Å². The zero-order valence-corrected chi connectivity index (χ0v) is 20.5. The molecule has 0 radical (unpaired) electrons. The number of ether oxygens (including phenoxy) is 2. The molecule has 1 amide bonds. The van der Waals surface area contributed by atoms with Crippen LogP contribution in [0.25, 0.3) is 0 Å². The van der Waals surface area contributed by atoms with E-state index in [1.165, 1.54) is 10.4 Å². The molecule has 8 heteroatoms. The van der Waals surface area contributed by atoms with Crippen molar-refractivity contribution < 1.29 is 22.7 Å². The molecule has 2 aliphatic rings. The molecule has 7 nitrogen and oxygen atoms in total. The van der Waals surface area contributed by atoms with Gasteiger partial charge in [0, 0.05) is 29.9 Å². The SMILES string of the molecule is CCOc1ccc2c(c1)[C@H](C)CC(C)(C)N2C(=O)c1cccc(S(=O)(=O)N2CCOCC2)c1. The number of nitrogens with zero attached hydrogens (tertiary/aromatic N) is 2. The van der Waals surface area contributed by atoms with Crippen LogP contribution >= 0.6 is 0 Å². The average molecular weight is 473 g/mol. The Hall–Kier alpha value is -2.42. The molecule has 1 fully saturated rings. The van der Waals surface area contributed by atoms with Crippen molar-refractivity contribution >= 4 is 21.6 Å². The lowest BCUT2D eigenvalue weighted by molar-refractivity contribution is 0.0730. The van der Waals surface area contributed by atoms with Gasteiger partial charge in [0.15, 0.2) is 0 Å². The lowest BCUT2D eigenvalue weighted by Gasteiger charge is -2.46. The van der Waals surface area contributed by atoms with Gasteiger partial charge in [-0.2, -0.15) is 4.31 Å². The number of amides is 1. The summed E-state index contributed by atoms with van der Waals surface area (Å²) in [5.41, 5.74) is 1.82. The molecular weight excluding hydrogens is 440 g/mol. The van der Waals surface area contributed by atoms with E-state index in [0.29, 0.717) is 38.5 Å². The monoisotopic (exact) mass is 472 g/mol. The molecule has 2 aliphatic heterocycles. The summed E-state index contributed by atoms with van der Waals surface area (Å²) in [4.78, 5) is 15.8. The predicted octanol–water partition coefficient (Wildman–Crippen LogP) is 4.04. The van der Waals surface area contributed by atoms with Crippen LogP contribution in [0.15, 0.2) is 47.4 Å². The fourth-order valence-electron chi connectivity index (χ4n) is 4.90. The smallest absolute Gasteiger partial charge is 0.258 e. The number of carbonyl (C=O) groups excluding carboxylic acids is 1. The highest BCUT2D eigenvalue weighted by molar-refractivity contribution is 7.89. The topological polar surface area (TPSA) is 76.2 Å². The summed E-state index contributed by atoms with van der Waals surface area (Å²) < 4.78 is 38.7. The molecule has 0 aromatic heterocycles. The van der Waals surface area contributed by atoms with E-state index in [-0.39, 0.29) is 16.7 Å². The van der Waals surface area contributed by atoms with Crippen LogP contribution in [0.1, 0.15) is 56.0 Å². The Kier molecular flexibility index (Phi) is 6.53. The van der Waals surface area contributed by atoms with Crippen LogP contribution in [-0.2, 0) is 14.8 Å². The first-order valence-electron chi connectivity index (χ1n) is 11.4. The van der Waals surface area contributed by atoms with E-state index < -0.39 is 15.6 Å². The lowest BCUT2D eigenvalue weighted by Crippen LogP contribution is -2.51. The van der Waals surface area contributed by atoms with Crippen molar-refractivity contribution in [2.75, 3.05) is 37.8 Å². The molecule has 1 atom stereocenters. The maximum absolute atomic E-state index is 13.8. The van der Waals surface area contributed by atoms with E-state index in [1.54, 1.807) is 23.1 Å². The van der Waals surface area contributed by atoms with E-state index in [9.17, 15) is 13.2 Å². The van der Waals surface area contributed by atoms with Crippen LogP contribution in [0.5, 0.6) is 5.75 Å². The van der Waals surface area contributed by atoms with E-state index in [1.807, 2.05) is 25.1 Å². The highest BCUT2D eigenvalue weighted by atomic mass is 32.2. The third-order valence-electron chi connectivity index (χ3n) is 6.38. The van der Waals surface area contributed by atoms with Crippen molar-refractivity contribution in [2.45, 2.75) is 50.5 Å². The number of anilines is 1. The Labute approximate surface area is 196 Å². The molecule has 4 rings (SSSR count). The van der Waals surface area contributed by atoms with Crippen LogP contribution < -0.4 is 9.64 Å². The molecule has 0 spiro atoms. The largest absolute Gasteiger partial charge is 0.494 e. The summed E-state index contributed by atoms with van der Waals surface area (Å²) >= 11 is 0. The fraction of sp³-hybridized carbons (Fsp3) is 0.480. The summed E-state index contributed by atoms with van der Waals surface area (Å²) in [6.07, 6.45) is 0.785. The standard InChI is InChI=1S/C25H32N2O5S/c1-5-32-20-9-10-23-22(16-20)18(2)17-25(3,4)27(23)24(28)19-7-6-8-21(15-19)33(29,30)26-11-13-31-14-12-26/h6-10,15-16,18H,5,11-14,17H2,1-4H3/t18-/m1/s1. The minimum Gasteiger partial charge on any atom is -0.494 e. The second-order valence-corrected chi connectivity index (χ2v) is 11.2. The average Bonchev–Trinajstić information content (AvgIpc) is 2.79. The second kappa shape index (κ2) is 9.08. The summed E-state index contributed by atoms with van der Waals surface area (Å²) in [6.45, 7) is 10.2. The molecule has 0 bridgehead atoms. The van der Waals surface area contributed by atoms with E-state index >= 15 is 0 Å². The van der Waals surface area contributed by atoms with Gasteiger partial charge in [0.05, 0.1) is 24.7 Å². The number of benzene rings is 2. The van der Waals surface area contributed by atoms with Gasteiger partial charge in [0.2, 0.25) is 10.0 Å². The molecule has 178 valence electrons. The number of sulfonamides is 1. The Morgan fingerprint density at radius 1 is 1.15 bits per heavy atom.